The van der Waals surface area contributed by atoms with Crippen molar-refractivity contribution in [3.8, 4) is 6.07 Å². The number of nitriles is 1. The van der Waals surface area contributed by atoms with Gasteiger partial charge in [0.1, 0.15) is 17.6 Å². The third-order valence-electron chi connectivity index (χ3n) is 6.42. The molecule has 1 atom stereocenters. The topological polar surface area (TPSA) is 91.5 Å². The number of rotatable bonds is 7. The van der Waals surface area contributed by atoms with Crippen LogP contribution in [-0.4, -0.2) is 20.0 Å². The van der Waals surface area contributed by atoms with Crippen molar-refractivity contribution < 1.29 is 4.39 Å². The van der Waals surface area contributed by atoms with Crippen molar-refractivity contribution in [3.05, 3.63) is 106 Å². The first-order valence-corrected chi connectivity index (χ1v) is 12.7. The van der Waals surface area contributed by atoms with Crippen LogP contribution in [0.2, 0.25) is 10.0 Å². The molecule has 0 radical (unpaired) electrons. The summed E-state index contributed by atoms with van der Waals surface area (Å²) in [4.78, 5) is 4.42. The van der Waals surface area contributed by atoms with E-state index in [0.717, 1.165) is 24.1 Å². The number of nitrogens with zero attached hydrogens (tertiary/aromatic N) is 5. The van der Waals surface area contributed by atoms with Crippen molar-refractivity contribution in [2.75, 3.05) is 10.6 Å². The second-order valence-electron chi connectivity index (χ2n) is 9.11. The van der Waals surface area contributed by atoms with Crippen molar-refractivity contribution >= 4 is 51.2 Å². The average Bonchev–Trinajstić information content (AvgIpc) is 3.67. The molecule has 1 saturated carbocycles. The van der Waals surface area contributed by atoms with Crippen molar-refractivity contribution in [3.63, 3.8) is 0 Å². The Labute approximate surface area is 227 Å². The van der Waals surface area contributed by atoms with Crippen molar-refractivity contribution in [2.24, 2.45) is 0 Å². The highest BCUT2D eigenvalue weighted by atomic mass is 35.5. The molecule has 2 aromatic heterocycles. The summed E-state index contributed by atoms with van der Waals surface area (Å²) in [5, 5.41) is 26.4. The van der Waals surface area contributed by atoms with Crippen molar-refractivity contribution in [1.29, 1.82) is 5.26 Å². The average molecular weight is 544 g/mol. The third-order valence-corrected chi connectivity index (χ3v) is 7.00. The highest BCUT2D eigenvalue weighted by Gasteiger charge is 2.27. The van der Waals surface area contributed by atoms with Gasteiger partial charge in [0.2, 0.25) is 0 Å². The molecule has 2 N–H and O–H groups in total. The van der Waals surface area contributed by atoms with Crippen LogP contribution < -0.4 is 10.6 Å². The second kappa shape index (κ2) is 9.93. The second-order valence-corrected chi connectivity index (χ2v) is 9.92. The molecule has 6 rings (SSSR count). The zero-order valence-corrected chi connectivity index (χ0v) is 21.4. The molecule has 3 aromatic carbocycles. The normalized spacial score (nSPS) is 13.7. The first-order valence-electron chi connectivity index (χ1n) is 12.0. The van der Waals surface area contributed by atoms with Gasteiger partial charge in [-0.05, 0) is 48.7 Å². The lowest BCUT2D eigenvalue weighted by atomic mass is 10.0. The predicted molar refractivity (Wildman–Crippen MR) is 146 cm³/mol. The maximum Gasteiger partial charge on any atom is 0.141 e. The summed E-state index contributed by atoms with van der Waals surface area (Å²) < 4.78 is 15.6. The number of benzene rings is 3. The Hall–Kier alpha value is -4.19. The van der Waals surface area contributed by atoms with E-state index in [1.807, 2.05) is 47.3 Å². The maximum absolute atomic E-state index is 13.7. The maximum atomic E-state index is 13.7. The van der Waals surface area contributed by atoms with Gasteiger partial charge in [0, 0.05) is 23.0 Å². The molecule has 0 spiro atoms. The molecule has 10 heteroatoms. The molecular weight excluding hydrogens is 524 g/mol. The van der Waals surface area contributed by atoms with E-state index in [1.165, 1.54) is 18.3 Å². The Bertz CT molecular complexity index is 1690. The predicted octanol–water partition coefficient (Wildman–Crippen LogP) is 7.42. The monoisotopic (exact) mass is 543 g/mol. The Balaban J connectivity index is 1.43. The number of pyridine rings is 1. The zero-order chi connectivity index (χ0) is 26.2. The fraction of sp³-hybridized carbons (Fsp3) is 0.143. The zero-order valence-electron chi connectivity index (χ0n) is 19.9. The van der Waals surface area contributed by atoms with Crippen LogP contribution in [0.25, 0.3) is 10.9 Å². The van der Waals surface area contributed by atoms with Gasteiger partial charge in [-0.2, -0.15) is 5.26 Å². The highest BCUT2D eigenvalue weighted by molar-refractivity contribution is 6.36. The molecule has 0 saturated heterocycles. The van der Waals surface area contributed by atoms with Gasteiger partial charge in [0.05, 0.1) is 45.1 Å². The fourth-order valence-electron chi connectivity index (χ4n) is 4.36. The quantitative estimate of drug-likeness (QED) is 0.222. The summed E-state index contributed by atoms with van der Waals surface area (Å²) in [6.07, 6.45) is 5.65. The molecule has 0 amide bonds. The van der Waals surface area contributed by atoms with Gasteiger partial charge in [0.25, 0.3) is 0 Å². The summed E-state index contributed by atoms with van der Waals surface area (Å²) >= 11 is 12.7. The van der Waals surface area contributed by atoms with E-state index in [-0.39, 0.29) is 11.1 Å². The Morgan fingerprint density at radius 2 is 1.82 bits per heavy atom. The minimum atomic E-state index is -0.530. The summed E-state index contributed by atoms with van der Waals surface area (Å²) in [5.41, 5.74) is 4.32. The van der Waals surface area contributed by atoms with E-state index >= 15 is 0 Å². The van der Waals surface area contributed by atoms with Gasteiger partial charge in [0.15, 0.2) is 0 Å². The standard InChI is InChI=1S/C28H20Cl2FN7/c29-22-11-18(6-9-24(22)31)34-26-17(13-32)14-33-28-21(26)10-19(12-23(28)30)35-27(16-4-2-1-3-5-16)25-15-38(37-36-25)20-7-8-20/h1-6,9-12,14-15,20,27,35H,7-8H2,(H,33,34). The number of aromatic nitrogens is 4. The van der Waals surface area contributed by atoms with E-state index in [9.17, 15) is 9.65 Å². The lowest BCUT2D eigenvalue weighted by molar-refractivity contribution is 0.610. The van der Waals surface area contributed by atoms with Crippen molar-refractivity contribution in [1.82, 2.24) is 20.0 Å². The number of nitrogens with one attached hydrogen (secondary N) is 2. The molecule has 38 heavy (non-hydrogen) atoms. The number of halogens is 3. The fourth-order valence-corrected chi connectivity index (χ4v) is 4.81. The highest BCUT2D eigenvalue weighted by Crippen LogP contribution is 2.38. The van der Waals surface area contributed by atoms with Crippen LogP contribution >= 0.6 is 23.2 Å². The van der Waals surface area contributed by atoms with Gasteiger partial charge < -0.3 is 10.6 Å². The van der Waals surface area contributed by atoms with Crippen LogP contribution in [0.3, 0.4) is 0 Å². The Morgan fingerprint density at radius 3 is 2.55 bits per heavy atom. The number of hydrogen-bond donors (Lipinski definition) is 2. The van der Waals surface area contributed by atoms with Gasteiger partial charge in [-0.1, -0.05) is 58.7 Å². The van der Waals surface area contributed by atoms with E-state index in [0.29, 0.717) is 44.6 Å². The summed E-state index contributed by atoms with van der Waals surface area (Å²) in [5.74, 6) is -0.530. The molecule has 7 nitrogen and oxygen atoms in total. The van der Waals surface area contributed by atoms with Gasteiger partial charge in [-0.3, -0.25) is 4.98 Å². The molecule has 1 fully saturated rings. The lowest BCUT2D eigenvalue weighted by Crippen LogP contribution is -2.13. The van der Waals surface area contributed by atoms with Gasteiger partial charge in [-0.25, -0.2) is 9.07 Å². The molecule has 188 valence electrons. The van der Waals surface area contributed by atoms with Gasteiger partial charge >= 0.3 is 0 Å². The minimum absolute atomic E-state index is 0.0304. The van der Waals surface area contributed by atoms with E-state index in [4.69, 9.17) is 23.2 Å². The smallest absolute Gasteiger partial charge is 0.141 e. The minimum Gasteiger partial charge on any atom is -0.373 e. The lowest BCUT2D eigenvalue weighted by Gasteiger charge is -2.20. The van der Waals surface area contributed by atoms with Gasteiger partial charge in [-0.15, -0.1) is 5.10 Å². The summed E-state index contributed by atoms with van der Waals surface area (Å²) in [6.45, 7) is 0. The largest absolute Gasteiger partial charge is 0.373 e. The molecule has 1 aliphatic carbocycles. The molecular formula is C28H20Cl2FN7. The van der Waals surface area contributed by atoms with Crippen LogP contribution in [0.5, 0.6) is 0 Å². The van der Waals surface area contributed by atoms with Crippen LogP contribution in [0.4, 0.5) is 21.5 Å². The molecule has 5 aromatic rings. The number of fused-ring (bicyclic) bond motifs is 1. The first-order chi connectivity index (χ1) is 18.5. The number of hydrogen-bond acceptors (Lipinski definition) is 6. The van der Waals surface area contributed by atoms with Crippen LogP contribution in [0.15, 0.2) is 73.1 Å². The van der Waals surface area contributed by atoms with Crippen LogP contribution in [0.1, 0.15) is 41.7 Å². The molecule has 1 unspecified atom stereocenters. The molecule has 2 heterocycles. The SMILES string of the molecule is N#Cc1cnc2c(Cl)cc(NC(c3ccccc3)c3cn(C4CC4)nn3)cc2c1Nc1ccc(F)c(Cl)c1. The van der Waals surface area contributed by atoms with E-state index < -0.39 is 5.82 Å². The van der Waals surface area contributed by atoms with Crippen molar-refractivity contribution in [2.45, 2.75) is 24.9 Å². The molecule has 0 bridgehead atoms. The summed E-state index contributed by atoms with van der Waals surface area (Å²) in [7, 11) is 0. The Morgan fingerprint density at radius 1 is 1.03 bits per heavy atom. The first kappa shape index (κ1) is 24.2. The Kier molecular flexibility index (Phi) is 6.32. The van der Waals surface area contributed by atoms with Crippen LogP contribution in [0, 0.1) is 17.1 Å². The third kappa shape index (κ3) is 4.74. The molecule has 1 aliphatic rings. The number of anilines is 3. The van der Waals surface area contributed by atoms with E-state index in [1.54, 1.807) is 12.1 Å². The summed E-state index contributed by atoms with van der Waals surface area (Å²) in [6, 6.07) is 20.2. The van der Waals surface area contributed by atoms with Crippen LogP contribution in [-0.2, 0) is 0 Å². The molecule has 0 aliphatic heterocycles. The van der Waals surface area contributed by atoms with E-state index in [2.05, 4.69) is 32.0 Å².